The lowest BCUT2D eigenvalue weighted by Crippen LogP contribution is -2.32. The Bertz CT molecular complexity index is 1150. The fourth-order valence-corrected chi connectivity index (χ4v) is 4.79. The van der Waals surface area contributed by atoms with Crippen LogP contribution in [0.25, 0.3) is 10.6 Å². The molecule has 1 N–H and O–H groups in total. The molecule has 0 fully saturated rings. The third kappa shape index (κ3) is 5.16. The summed E-state index contributed by atoms with van der Waals surface area (Å²) in [6.07, 6.45) is 0. The predicted molar refractivity (Wildman–Crippen MR) is 119 cm³/mol. The Balaban J connectivity index is 1.78. The Morgan fingerprint density at radius 1 is 1.20 bits per heavy atom. The highest BCUT2D eigenvalue weighted by Crippen LogP contribution is 2.28. The van der Waals surface area contributed by atoms with Crippen molar-refractivity contribution in [1.82, 2.24) is 14.5 Å². The van der Waals surface area contributed by atoms with Gasteiger partial charge in [-0.05, 0) is 48.1 Å². The first-order valence-corrected chi connectivity index (χ1v) is 12.1. The van der Waals surface area contributed by atoms with E-state index in [4.69, 9.17) is 4.74 Å². The normalized spacial score (nSPS) is 11.7. The molecule has 30 heavy (non-hydrogen) atoms. The Morgan fingerprint density at radius 2 is 2.00 bits per heavy atom. The van der Waals surface area contributed by atoms with Gasteiger partial charge in [-0.2, -0.15) is 5.10 Å². The molecule has 0 saturated heterocycles. The Kier molecular flexibility index (Phi) is 7.06. The van der Waals surface area contributed by atoms with Crippen LogP contribution in [0, 0.1) is 0 Å². The van der Waals surface area contributed by atoms with Crippen LogP contribution >= 0.6 is 11.3 Å². The molecule has 160 valence electrons. The number of thiophene rings is 1. The van der Waals surface area contributed by atoms with Crippen LogP contribution in [0.2, 0.25) is 0 Å². The van der Waals surface area contributed by atoms with Gasteiger partial charge in [-0.3, -0.25) is 4.79 Å². The number of nitrogens with zero attached hydrogens (tertiary/aromatic N) is 2. The van der Waals surface area contributed by atoms with Gasteiger partial charge in [0.05, 0.1) is 18.0 Å². The quantitative estimate of drug-likeness (QED) is 0.542. The molecule has 3 aromatic rings. The SMILES string of the molecule is CCOc1ccc(C(C)C)cc1S(=O)(=O)NCCn1nc(-c2cccs2)ccc1=O. The molecule has 0 saturated carbocycles. The van der Waals surface area contributed by atoms with E-state index in [9.17, 15) is 13.2 Å². The van der Waals surface area contributed by atoms with Crippen LogP contribution < -0.4 is 15.0 Å². The Hall–Kier alpha value is -2.49. The molecule has 0 radical (unpaired) electrons. The van der Waals surface area contributed by atoms with Gasteiger partial charge in [0.1, 0.15) is 16.3 Å². The summed E-state index contributed by atoms with van der Waals surface area (Å²) in [6.45, 7) is 6.30. The lowest BCUT2D eigenvalue weighted by Gasteiger charge is -2.15. The zero-order valence-electron chi connectivity index (χ0n) is 17.2. The van der Waals surface area contributed by atoms with Gasteiger partial charge in [0.25, 0.3) is 5.56 Å². The van der Waals surface area contributed by atoms with Crippen molar-refractivity contribution in [2.75, 3.05) is 13.2 Å². The molecule has 9 heteroatoms. The summed E-state index contributed by atoms with van der Waals surface area (Å²) in [5, 5.41) is 6.28. The molecule has 2 heterocycles. The van der Waals surface area contributed by atoms with E-state index in [0.717, 1.165) is 10.4 Å². The highest BCUT2D eigenvalue weighted by atomic mass is 32.2. The zero-order valence-corrected chi connectivity index (χ0v) is 18.8. The maximum Gasteiger partial charge on any atom is 0.266 e. The van der Waals surface area contributed by atoms with Crippen LogP contribution in [0.5, 0.6) is 5.75 Å². The van der Waals surface area contributed by atoms with Gasteiger partial charge < -0.3 is 4.74 Å². The van der Waals surface area contributed by atoms with Gasteiger partial charge in [-0.1, -0.05) is 26.0 Å². The fourth-order valence-electron chi connectivity index (χ4n) is 2.90. The monoisotopic (exact) mass is 447 g/mol. The minimum atomic E-state index is -3.82. The molecule has 0 amide bonds. The van der Waals surface area contributed by atoms with Gasteiger partial charge in [0.15, 0.2) is 0 Å². The van der Waals surface area contributed by atoms with Gasteiger partial charge in [-0.15, -0.1) is 11.3 Å². The third-order valence-electron chi connectivity index (χ3n) is 4.48. The molecule has 0 aliphatic rings. The highest BCUT2D eigenvalue weighted by molar-refractivity contribution is 7.89. The second kappa shape index (κ2) is 9.55. The molecule has 0 aliphatic carbocycles. The summed E-state index contributed by atoms with van der Waals surface area (Å²) in [6, 6.07) is 12.1. The first-order chi connectivity index (χ1) is 14.3. The summed E-state index contributed by atoms with van der Waals surface area (Å²) in [5.41, 5.74) is 1.29. The van der Waals surface area contributed by atoms with Crippen molar-refractivity contribution < 1.29 is 13.2 Å². The van der Waals surface area contributed by atoms with Gasteiger partial charge in [-0.25, -0.2) is 17.8 Å². The van der Waals surface area contributed by atoms with Crippen molar-refractivity contribution in [3.05, 3.63) is 63.8 Å². The van der Waals surface area contributed by atoms with E-state index in [1.54, 1.807) is 25.1 Å². The largest absolute Gasteiger partial charge is 0.492 e. The van der Waals surface area contributed by atoms with Crippen molar-refractivity contribution in [3.8, 4) is 16.3 Å². The molecule has 7 nitrogen and oxygen atoms in total. The average molecular weight is 448 g/mol. The van der Waals surface area contributed by atoms with Gasteiger partial charge in [0, 0.05) is 12.6 Å². The number of hydrogen-bond acceptors (Lipinski definition) is 6. The standard InChI is InChI=1S/C21H25N3O4S2/c1-4-28-18-9-7-16(15(2)3)14-20(18)30(26,27)22-11-12-24-21(25)10-8-17(23-24)19-6-5-13-29-19/h5-10,13-15,22H,4,11-12H2,1-3H3. The minimum Gasteiger partial charge on any atom is -0.492 e. The number of sulfonamides is 1. The van der Waals surface area contributed by atoms with Crippen LogP contribution in [0.3, 0.4) is 0 Å². The number of nitrogens with one attached hydrogen (secondary N) is 1. The van der Waals surface area contributed by atoms with Crippen molar-refractivity contribution >= 4 is 21.4 Å². The molecule has 0 atom stereocenters. The second-order valence-corrected chi connectivity index (χ2v) is 9.63. The lowest BCUT2D eigenvalue weighted by molar-refractivity contribution is 0.330. The van der Waals surface area contributed by atoms with Crippen LogP contribution in [0.15, 0.2) is 57.5 Å². The molecule has 0 bridgehead atoms. The second-order valence-electron chi connectivity index (χ2n) is 6.95. The maximum absolute atomic E-state index is 12.9. The number of benzene rings is 1. The number of rotatable bonds is 9. The molecule has 0 aliphatic heterocycles. The van der Waals surface area contributed by atoms with E-state index < -0.39 is 10.0 Å². The van der Waals surface area contributed by atoms with Crippen molar-refractivity contribution in [2.45, 2.75) is 38.1 Å². The topological polar surface area (TPSA) is 90.3 Å². The number of aromatic nitrogens is 2. The van der Waals surface area contributed by atoms with Crippen LogP contribution in [0.1, 0.15) is 32.3 Å². The summed E-state index contributed by atoms with van der Waals surface area (Å²) in [7, 11) is -3.82. The van der Waals surface area contributed by atoms with Crippen LogP contribution in [0.4, 0.5) is 0 Å². The van der Waals surface area contributed by atoms with Crippen LogP contribution in [-0.2, 0) is 16.6 Å². The number of ether oxygens (including phenoxy) is 1. The fraction of sp³-hybridized carbons (Fsp3) is 0.333. The molecule has 0 unspecified atom stereocenters. The smallest absolute Gasteiger partial charge is 0.266 e. The first kappa shape index (κ1) is 22.2. The molecule has 3 rings (SSSR count). The molecule has 2 aromatic heterocycles. The van der Waals surface area contributed by atoms with Crippen molar-refractivity contribution in [2.24, 2.45) is 0 Å². The summed E-state index contributed by atoms with van der Waals surface area (Å²) in [5.74, 6) is 0.488. The van der Waals surface area contributed by atoms with E-state index >= 15 is 0 Å². The average Bonchev–Trinajstić information content (AvgIpc) is 3.24. The molecule has 0 spiro atoms. The summed E-state index contributed by atoms with van der Waals surface area (Å²) < 4.78 is 35.2. The van der Waals surface area contributed by atoms with E-state index in [1.807, 2.05) is 37.4 Å². The van der Waals surface area contributed by atoms with E-state index in [2.05, 4.69) is 9.82 Å². The first-order valence-electron chi connectivity index (χ1n) is 9.70. The molecule has 1 aromatic carbocycles. The van der Waals surface area contributed by atoms with E-state index in [0.29, 0.717) is 18.1 Å². The zero-order chi connectivity index (χ0) is 21.7. The lowest BCUT2D eigenvalue weighted by atomic mass is 10.0. The minimum absolute atomic E-state index is 0.0284. The Labute approximate surface area is 180 Å². The highest BCUT2D eigenvalue weighted by Gasteiger charge is 2.21. The van der Waals surface area contributed by atoms with Crippen LogP contribution in [-0.4, -0.2) is 31.3 Å². The molecular weight excluding hydrogens is 422 g/mol. The van der Waals surface area contributed by atoms with Gasteiger partial charge in [0.2, 0.25) is 10.0 Å². The molecular formula is C21H25N3O4S2. The maximum atomic E-state index is 12.9. The van der Waals surface area contributed by atoms with Gasteiger partial charge >= 0.3 is 0 Å². The van der Waals surface area contributed by atoms with Crippen molar-refractivity contribution in [3.63, 3.8) is 0 Å². The van der Waals surface area contributed by atoms with Crippen molar-refractivity contribution in [1.29, 1.82) is 0 Å². The summed E-state index contributed by atoms with van der Waals surface area (Å²) in [4.78, 5) is 13.2. The summed E-state index contributed by atoms with van der Waals surface area (Å²) >= 11 is 1.52. The third-order valence-corrected chi connectivity index (χ3v) is 6.85. The van der Waals surface area contributed by atoms with E-state index in [1.165, 1.54) is 22.1 Å². The predicted octanol–water partition coefficient (Wildman–Crippen LogP) is 3.47. The Morgan fingerprint density at radius 3 is 2.67 bits per heavy atom. The number of hydrogen-bond donors (Lipinski definition) is 1. The van der Waals surface area contributed by atoms with E-state index in [-0.39, 0.29) is 29.5 Å².